The van der Waals surface area contributed by atoms with E-state index in [-0.39, 0.29) is 5.75 Å². The lowest BCUT2D eigenvalue weighted by Crippen LogP contribution is -2.32. The average Bonchev–Trinajstić information content (AvgIpc) is 2.36. The van der Waals surface area contributed by atoms with Crippen molar-refractivity contribution in [3.05, 3.63) is 23.8 Å². The number of hydrogen-bond acceptors (Lipinski definition) is 4. The maximum Gasteiger partial charge on any atom is 0.160 e. The van der Waals surface area contributed by atoms with Gasteiger partial charge in [-0.25, -0.2) is 0 Å². The van der Waals surface area contributed by atoms with Crippen molar-refractivity contribution < 1.29 is 9.84 Å². The van der Waals surface area contributed by atoms with Gasteiger partial charge in [-0.1, -0.05) is 13.0 Å². The van der Waals surface area contributed by atoms with Gasteiger partial charge in [0.2, 0.25) is 0 Å². The zero-order valence-electron chi connectivity index (χ0n) is 12.5. The molecule has 19 heavy (non-hydrogen) atoms. The predicted octanol–water partition coefficient (Wildman–Crippen LogP) is 2.17. The molecule has 0 fully saturated rings. The zero-order chi connectivity index (χ0) is 14.3. The summed E-state index contributed by atoms with van der Waals surface area (Å²) in [5, 5.41) is 9.80. The molecule has 0 heterocycles. The molecule has 0 unspecified atom stereocenters. The monoisotopic (exact) mass is 266 g/mol. The van der Waals surface area contributed by atoms with Gasteiger partial charge in [0.15, 0.2) is 11.5 Å². The average molecular weight is 266 g/mol. The second kappa shape index (κ2) is 8.02. The lowest BCUT2D eigenvalue weighted by Gasteiger charge is -2.23. The van der Waals surface area contributed by atoms with Crippen molar-refractivity contribution in [1.29, 1.82) is 0 Å². The Kier molecular flexibility index (Phi) is 6.67. The molecule has 0 spiro atoms. The Morgan fingerprint density at radius 3 is 2.42 bits per heavy atom. The summed E-state index contributed by atoms with van der Waals surface area (Å²) in [6.45, 7) is 6.20. The first kappa shape index (κ1) is 15.8. The third kappa shape index (κ3) is 5.49. The fraction of sp³-hybridized carbons (Fsp3) is 0.600. The highest BCUT2D eigenvalue weighted by molar-refractivity contribution is 5.41. The summed E-state index contributed by atoms with van der Waals surface area (Å²) in [5.41, 5.74) is 1.12. The molecule has 1 aromatic carbocycles. The Hall–Kier alpha value is -1.26. The summed E-state index contributed by atoms with van der Waals surface area (Å²) in [4.78, 5) is 4.59. The van der Waals surface area contributed by atoms with Gasteiger partial charge >= 0.3 is 0 Å². The minimum absolute atomic E-state index is 0.212. The molecule has 0 saturated heterocycles. The topological polar surface area (TPSA) is 35.9 Å². The molecule has 0 saturated carbocycles. The summed E-state index contributed by atoms with van der Waals surface area (Å²) in [5.74, 6) is 0.739. The molecule has 0 bridgehead atoms. The van der Waals surface area contributed by atoms with Crippen molar-refractivity contribution in [2.24, 2.45) is 0 Å². The van der Waals surface area contributed by atoms with Gasteiger partial charge in [-0.3, -0.25) is 4.90 Å². The molecule has 0 aliphatic carbocycles. The highest BCUT2D eigenvalue weighted by Crippen LogP contribution is 2.26. The van der Waals surface area contributed by atoms with E-state index in [2.05, 4.69) is 30.8 Å². The van der Waals surface area contributed by atoms with Gasteiger partial charge < -0.3 is 14.7 Å². The molecular formula is C15H26N2O2. The summed E-state index contributed by atoms with van der Waals surface area (Å²) < 4.78 is 5.06. The summed E-state index contributed by atoms with van der Waals surface area (Å²) in [7, 11) is 5.74. The quantitative estimate of drug-likeness (QED) is 0.782. The molecule has 0 aromatic heterocycles. The fourth-order valence-electron chi connectivity index (χ4n) is 2.02. The van der Waals surface area contributed by atoms with Crippen LogP contribution in [-0.2, 0) is 6.54 Å². The van der Waals surface area contributed by atoms with Gasteiger partial charge in [0.25, 0.3) is 0 Å². The van der Waals surface area contributed by atoms with E-state index >= 15 is 0 Å². The van der Waals surface area contributed by atoms with Crippen LogP contribution in [0.25, 0.3) is 0 Å². The summed E-state index contributed by atoms with van der Waals surface area (Å²) in [6.07, 6.45) is 1.13. The predicted molar refractivity (Wildman–Crippen MR) is 78.8 cm³/mol. The van der Waals surface area contributed by atoms with Gasteiger partial charge in [0.1, 0.15) is 0 Å². The first-order chi connectivity index (χ1) is 9.06. The molecule has 0 amide bonds. The number of likely N-dealkylation sites (N-methyl/N-ethyl adjacent to an activating group) is 1. The van der Waals surface area contributed by atoms with E-state index in [0.717, 1.165) is 38.2 Å². The van der Waals surface area contributed by atoms with Gasteiger partial charge in [0, 0.05) is 19.6 Å². The number of phenolic OH excluding ortho intramolecular Hbond substituents is 1. The van der Waals surface area contributed by atoms with Crippen LogP contribution in [0.2, 0.25) is 0 Å². The van der Waals surface area contributed by atoms with Crippen molar-refractivity contribution >= 4 is 0 Å². The van der Waals surface area contributed by atoms with E-state index in [4.69, 9.17) is 4.74 Å². The molecule has 0 aliphatic rings. The van der Waals surface area contributed by atoms with E-state index < -0.39 is 0 Å². The molecule has 1 rings (SSSR count). The van der Waals surface area contributed by atoms with Crippen LogP contribution >= 0.6 is 0 Å². The van der Waals surface area contributed by atoms with E-state index in [1.54, 1.807) is 13.2 Å². The van der Waals surface area contributed by atoms with Crippen LogP contribution in [0, 0.1) is 0 Å². The molecule has 0 radical (unpaired) electrons. The Balaban J connectivity index is 2.64. The molecule has 4 nitrogen and oxygen atoms in total. The van der Waals surface area contributed by atoms with Crippen LogP contribution in [0.15, 0.2) is 18.2 Å². The van der Waals surface area contributed by atoms with E-state index in [1.807, 2.05) is 12.1 Å². The van der Waals surface area contributed by atoms with Crippen molar-refractivity contribution in [3.63, 3.8) is 0 Å². The van der Waals surface area contributed by atoms with E-state index in [1.165, 1.54) is 0 Å². The van der Waals surface area contributed by atoms with Crippen LogP contribution in [0.1, 0.15) is 18.9 Å². The van der Waals surface area contributed by atoms with Crippen molar-refractivity contribution in [1.82, 2.24) is 9.80 Å². The fourth-order valence-corrected chi connectivity index (χ4v) is 2.02. The van der Waals surface area contributed by atoms with Crippen LogP contribution in [0.4, 0.5) is 0 Å². The van der Waals surface area contributed by atoms with E-state index in [0.29, 0.717) is 5.75 Å². The zero-order valence-corrected chi connectivity index (χ0v) is 12.5. The summed E-state index contributed by atoms with van der Waals surface area (Å²) >= 11 is 0. The smallest absolute Gasteiger partial charge is 0.160 e. The van der Waals surface area contributed by atoms with Gasteiger partial charge in [-0.05, 0) is 44.8 Å². The Morgan fingerprint density at radius 1 is 1.16 bits per heavy atom. The molecule has 0 atom stereocenters. The molecule has 4 heteroatoms. The number of rotatable bonds is 8. The molecular weight excluding hydrogens is 240 g/mol. The number of methoxy groups -OCH3 is 1. The maximum atomic E-state index is 9.80. The Bertz CT molecular complexity index is 380. The van der Waals surface area contributed by atoms with Crippen molar-refractivity contribution in [2.45, 2.75) is 19.9 Å². The standard InChI is InChI=1S/C15H26N2O2/c1-5-8-17(10-9-16(2)3)12-13-6-7-15(19-4)14(18)11-13/h6-7,11,18H,5,8-10,12H2,1-4H3. The van der Waals surface area contributed by atoms with Crippen LogP contribution < -0.4 is 4.74 Å². The lowest BCUT2D eigenvalue weighted by molar-refractivity contribution is 0.233. The molecule has 1 aromatic rings. The first-order valence-electron chi connectivity index (χ1n) is 6.79. The SMILES string of the molecule is CCCN(CCN(C)C)Cc1ccc(OC)c(O)c1. The Morgan fingerprint density at radius 2 is 1.89 bits per heavy atom. The Labute approximate surface area is 116 Å². The molecule has 108 valence electrons. The van der Waals surface area contributed by atoms with Crippen molar-refractivity contribution in [2.75, 3.05) is 40.8 Å². The first-order valence-corrected chi connectivity index (χ1v) is 6.79. The molecule has 0 aliphatic heterocycles. The van der Waals surface area contributed by atoms with Crippen LogP contribution in [0.5, 0.6) is 11.5 Å². The normalized spacial score (nSPS) is 11.3. The minimum Gasteiger partial charge on any atom is -0.504 e. The van der Waals surface area contributed by atoms with E-state index in [9.17, 15) is 5.11 Å². The summed E-state index contributed by atoms with van der Waals surface area (Å²) in [6, 6.07) is 5.62. The van der Waals surface area contributed by atoms with Gasteiger partial charge in [0.05, 0.1) is 7.11 Å². The number of phenols is 1. The molecule has 1 N–H and O–H groups in total. The third-order valence-electron chi connectivity index (χ3n) is 3.05. The number of hydrogen-bond donors (Lipinski definition) is 1. The van der Waals surface area contributed by atoms with Gasteiger partial charge in [-0.2, -0.15) is 0 Å². The number of ether oxygens (including phenoxy) is 1. The second-order valence-electron chi connectivity index (χ2n) is 5.09. The highest BCUT2D eigenvalue weighted by Gasteiger charge is 2.08. The van der Waals surface area contributed by atoms with Crippen LogP contribution in [0.3, 0.4) is 0 Å². The van der Waals surface area contributed by atoms with Crippen LogP contribution in [-0.4, -0.2) is 55.7 Å². The largest absolute Gasteiger partial charge is 0.504 e. The van der Waals surface area contributed by atoms with Crippen molar-refractivity contribution in [3.8, 4) is 11.5 Å². The number of nitrogens with zero attached hydrogens (tertiary/aromatic N) is 2. The maximum absolute atomic E-state index is 9.80. The highest BCUT2D eigenvalue weighted by atomic mass is 16.5. The third-order valence-corrected chi connectivity index (χ3v) is 3.05. The minimum atomic E-state index is 0.212. The lowest BCUT2D eigenvalue weighted by atomic mass is 10.2. The number of benzene rings is 1. The van der Waals surface area contributed by atoms with Gasteiger partial charge in [-0.15, -0.1) is 0 Å². The second-order valence-corrected chi connectivity index (χ2v) is 5.09. The number of aromatic hydroxyl groups is 1.